The van der Waals surface area contributed by atoms with Gasteiger partial charge in [0.1, 0.15) is 19.4 Å². The van der Waals surface area contributed by atoms with Gasteiger partial charge in [-0.15, -0.1) is 0 Å². The quantitative estimate of drug-likeness (QED) is 0.330. The standard InChI is InChI=1S/C23H25BClN5O/c1-29(15-16-7-2-5-10-21(16)31)12-6-11-26-22-13-20(17-8-3-4-9-19(17)25)28-23-18(24)14-27-30(22)23/h2-5,7-10,13-14,26,31H,6,11-12,15,24H2,1H3. The van der Waals surface area contributed by atoms with Crippen molar-refractivity contribution >= 4 is 36.4 Å². The highest BCUT2D eigenvalue weighted by Gasteiger charge is 2.12. The molecule has 8 heteroatoms. The van der Waals surface area contributed by atoms with E-state index in [0.717, 1.165) is 53.3 Å². The number of nitrogens with one attached hydrogen (secondary N) is 1. The molecule has 0 spiro atoms. The van der Waals surface area contributed by atoms with Crippen molar-refractivity contribution in [2.45, 2.75) is 13.0 Å². The molecule has 0 radical (unpaired) electrons. The lowest BCUT2D eigenvalue weighted by atomic mass is 10.0. The third-order valence-electron chi connectivity index (χ3n) is 5.25. The fourth-order valence-corrected chi connectivity index (χ4v) is 3.82. The number of hydrogen-bond acceptors (Lipinski definition) is 5. The molecule has 0 aliphatic heterocycles. The van der Waals surface area contributed by atoms with Crippen molar-refractivity contribution in [2.75, 3.05) is 25.5 Å². The third-order valence-corrected chi connectivity index (χ3v) is 5.58. The minimum atomic E-state index is 0.341. The van der Waals surface area contributed by atoms with Crippen molar-refractivity contribution in [3.63, 3.8) is 0 Å². The summed E-state index contributed by atoms with van der Waals surface area (Å²) in [6.07, 6.45) is 2.76. The number of halogens is 1. The Morgan fingerprint density at radius 3 is 2.74 bits per heavy atom. The van der Waals surface area contributed by atoms with E-state index < -0.39 is 0 Å². The van der Waals surface area contributed by atoms with Crippen LogP contribution in [0.15, 0.2) is 60.8 Å². The van der Waals surface area contributed by atoms with Crippen LogP contribution in [-0.4, -0.2) is 52.6 Å². The first-order valence-corrected chi connectivity index (χ1v) is 10.7. The van der Waals surface area contributed by atoms with Gasteiger partial charge in [-0.3, -0.25) is 0 Å². The largest absolute Gasteiger partial charge is 0.508 e. The van der Waals surface area contributed by atoms with Gasteiger partial charge in [0.2, 0.25) is 0 Å². The molecule has 31 heavy (non-hydrogen) atoms. The summed E-state index contributed by atoms with van der Waals surface area (Å²) >= 11 is 6.41. The van der Waals surface area contributed by atoms with Gasteiger partial charge in [-0.1, -0.05) is 48.0 Å². The Labute approximate surface area is 187 Å². The Morgan fingerprint density at radius 2 is 1.94 bits per heavy atom. The zero-order valence-electron chi connectivity index (χ0n) is 17.7. The van der Waals surface area contributed by atoms with Crippen LogP contribution < -0.4 is 10.8 Å². The molecule has 4 rings (SSSR count). The van der Waals surface area contributed by atoms with Crippen LogP contribution in [0.3, 0.4) is 0 Å². The SMILES string of the molecule is Bc1cnn2c(NCCCN(C)Cc3ccccc3O)cc(-c3ccccc3Cl)nc12. The van der Waals surface area contributed by atoms with Gasteiger partial charge in [-0.2, -0.15) is 9.61 Å². The lowest BCUT2D eigenvalue weighted by Crippen LogP contribution is -2.21. The molecule has 6 nitrogen and oxygen atoms in total. The normalized spacial score (nSPS) is 11.3. The molecule has 0 saturated carbocycles. The highest BCUT2D eigenvalue weighted by Crippen LogP contribution is 2.28. The molecular formula is C23H25BClN5O. The molecule has 0 aliphatic carbocycles. The van der Waals surface area contributed by atoms with E-state index in [0.29, 0.717) is 17.3 Å². The summed E-state index contributed by atoms with van der Waals surface area (Å²) in [6.45, 7) is 2.39. The number of hydrogen-bond donors (Lipinski definition) is 2. The van der Waals surface area contributed by atoms with E-state index in [1.807, 2.05) is 67.1 Å². The molecule has 0 unspecified atom stereocenters. The van der Waals surface area contributed by atoms with Crippen molar-refractivity contribution in [1.29, 1.82) is 0 Å². The molecule has 0 amide bonds. The number of rotatable bonds is 8. The molecule has 2 aromatic heterocycles. The summed E-state index contributed by atoms with van der Waals surface area (Å²) < 4.78 is 1.83. The molecule has 4 aromatic rings. The maximum absolute atomic E-state index is 9.96. The van der Waals surface area contributed by atoms with E-state index in [-0.39, 0.29) is 0 Å². The topological polar surface area (TPSA) is 65.7 Å². The lowest BCUT2D eigenvalue weighted by Gasteiger charge is -2.18. The average molecular weight is 434 g/mol. The van der Waals surface area contributed by atoms with E-state index in [1.54, 1.807) is 6.07 Å². The molecule has 0 aliphatic rings. The molecular weight excluding hydrogens is 409 g/mol. The predicted molar refractivity (Wildman–Crippen MR) is 129 cm³/mol. The molecule has 0 atom stereocenters. The zero-order valence-corrected chi connectivity index (χ0v) is 18.5. The number of aromatic nitrogens is 3. The Hall–Kier alpha value is -3.03. The Bertz CT molecular complexity index is 1200. The number of benzene rings is 2. The van der Waals surface area contributed by atoms with Gasteiger partial charge in [-0.05, 0) is 37.6 Å². The Kier molecular flexibility index (Phi) is 6.44. The molecule has 0 saturated heterocycles. The zero-order chi connectivity index (χ0) is 21.8. The number of anilines is 1. The molecule has 2 aromatic carbocycles. The molecule has 2 heterocycles. The molecule has 158 valence electrons. The van der Waals surface area contributed by atoms with Gasteiger partial charge in [0.25, 0.3) is 0 Å². The summed E-state index contributed by atoms with van der Waals surface area (Å²) in [5.41, 5.74) is 4.49. The van der Waals surface area contributed by atoms with Gasteiger partial charge >= 0.3 is 0 Å². The second-order valence-electron chi connectivity index (χ2n) is 7.72. The van der Waals surface area contributed by atoms with Crippen molar-refractivity contribution in [1.82, 2.24) is 19.5 Å². The fourth-order valence-electron chi connectivity index (χ4n) is 3.59. The molecule has 0 bridgehead atoms. The average Bonchev–Trinajstić information content (AvgIpc) is 3.14. The van der Waals surface area contributed by atoms with Crippen LogP contribution in [0.5, 0.6) is 5.75 Å². The number of fused-ring (bicyclic) bond motifs is 1. The summed E-state index contributed by atoms with van der Waals surface area (Å²) in [5, 5.41) is 18.6. The van der Waals surface area contributed by atoms with Crippen LogP contribution >= 0.6 is 11.6 Å². The Balaban J connectivity index is 1.45. The van der Waals surface area contributed by atoms with Gasteiger partial charge < -0.3 is 15.3 Å². The minimum Gasteiger partial charge on any atom is -0.508 e. The number of para-hydroxylation sites is 1. The molecule has 0 fully saturated rings. The minimum absolute atomic E-state index is 0.341. The van der Waals surface area contributed by atoms with Crippen molar-refractivity contribution in [3.05, 3.63) is 71.4 Å². The summed E-state index contributed by atoms with van der Waals surface area (Å²) in [5.74, 6) is 1.23. The van der Waals surface area contributed by atoms with Crippen LogP contribution in [0.2, 0.25) is 5.02 Å². The fraction of sp³-hybridized carbons (Fsp3) is 0.217. The van der Waals surface area contributed by atoms with Crippen LogP contribution in [-0.2, 0) is 6.54 Å². The van der Waals surface area contributed by atoms with E-state index in [4.69, 9.17) is 16.6 Å². The number of aromatic hydroxyl groups is 1. The number of phenolic OH excluding ortho intramolecular Hbond substituents is 1. The van der Waals surface area contributed by atoms with E-state index in [2.05, 4.69) is 22.4 Å². The van der Waals surface area contributed by atoms with Crippen LogP contribution in [0.4, 0.5) is 5.82 Å². The van der Waals surface area contributed by atoms with Crippen LogP contribution in [0.1, 0.15) is 12.0 Å². The first kappa shape index (κ1) is 21.2. The summed E-state index contributed by atoms with van der Waals surface area (Å²) in [6, 6.07) is 17.2. The van der Waals surface area contributed by atoms with Gasteiger partial charge in [0.05, 0.1) is 5.69 Å². The summed E-state index contributed by atoms with van der Waals surface area (Å²) in [7, 11) is 4.06. The van der Waals surface area contributed by atoms with Gasteiger partial charge in [-0.25, -0.2) is 4.98 Å². The van der Waals surface area contributed by atoms with Crippen molar-refractivity contribution in [3.8, 4) is 17.0 Å². The summed E-state index contributed by atoms with van der Waals surface area (Å²) in [4.78, 5) is 6.98. The maximum Gasteiger partial charge on any atom is 0.151 e. The first-order chi connectivity index (χ1) is 15.0. The second-order valence-corrected chi connectivity index (χ2v) is 8.12. The predicted octanol–water partition coefficient (Wildman–Crippen LogP) is 2.95. The van der Waals surface area contributed by atoms with Crippen molar-refractivity contribution < 1.29 is 5.11 Å². The lowest BCUT2D eigenvalue weighted by molar-refractivity contribution is 0.319. The van der Waals surface area contributed by atoms with E-state index in [1.165, 1.54) is 0 Å². The van der Waals surface area contributed by atoms with Crippen molar-refractivity contribution in [2.24, 2.45) is 0 Å². The molecule has 2 N–H and O–H groups in total. The van der Waals surface area contributed by atoms with Gasteiger partial charge in [0, 0.05) is 41.5 Å². The van der Waals surface area contributed by atoms with E-state index in [9.17, 15) is 5.11 Å². The highest BCUT2D eigenvalue weighted by atomic mass is 35.5. The van der Waals surface area contributed by atoms with E-state index >= 15 is 0 Å². The first-order valence-electron chi connectivity index (χ1n) is 10.3. The second kappa shape index (κ2) is 9.41. The highest BCUT2D eigenvalue weighted by molar-refractivity contribution is 6.36. The number of phenols is 1. The maximum atomic E-state index is 9.96. The third kappa shape index (κ3) is 4.84. The Morgan fingerprint density at radius 1 is 1.16 bits per heavy atom. The van der Waals surface area contributed by atoms with Crippen LogP contribution in [0, 0.1) is 0 Å². The number of nitrogens with zero attached hydrogens (tertiary/aromatic N) is 4. The van der Waals surface area contributed by atoms with Gasteiger partial charge in [0.15, 0.2) is 5.65 Å². The smallest absolute Gasteiger partial charge is 0.151 e. The van der Waals surface area contributed by atoms with Crippen LogP contribution in [0.25, 0.3) is 16.9 Å². The monoisotopic (exact) mass is 433 g/mol.